The van der Waals surface area contributed by atoms with E-state index in [2.05, 4.69) is 52.7 Å². The third kappa shape index (κ3) is 5.64. The zero-order chi connectivity index (χ0) is 24.2. The molecular weight excluding hydrogens is 499 g/mol. The average molecular weight is 526 g/mol. The molecule has 0 aromatic heterocycles. The number of piperidine rings is 1. The Hall–Kier alpha value is -2.59. The summed E-state index contributed by atoms with van der Waals surface area (Å²) in [6, 6.07) is 24.3. The van der Waals surface area contributed by atoms with E-state index in [0.29, 0.717) is 23.2 Å². The molecule has 0 aliphatic carbocycles. The van der Waals surface area contributed by atoms with Gasteiger partial charge < -0.3 is 15.0 Å². The van der Waals surface area contributed by atoms with E-state index >= 15 is 0 Å². The van der Waals surface area contributed by atoms with Gasteiger partial charge in [0.25, 0.3) is 0 Å². The summed E-state index contributed by atoms with van der Waals surface area (Å²) in [5.41, 5.74) is 4.16. The predicted octanol–water partition coefficient (Wildman–Crippen LogP) is 8.98. The highest BCUT2D eigenvalue weighted by molar-refractivity contribution is 6.42. The summed E-state index contributed by atoms with van der Waals surface area (Å²) < 4.78 is 6.26. The van der Waals surface area contributed by atoms with E-state index in [-0.39, 0.29) is 0 Å². The van der Waals surface area contributed by atoms with Gasteiger partial charge in [0.05, 0.1) is 20.8 Å². The van der Waals surface area contributed by atoms with Crippen molar-refractivity contribution in [3.63, 3.8) is 0 Å². The van der Waals surface area contributed by atoms with Crippen LogP contribution in [0.15, 0.2) is 72.8 Å². The molecule has 1 fully saturated rings. The van der Waals surface area contributed by atoms with Crippen LogP contribution in [0.1, 0.15) is 30.4 Å². The number of nitrogens with one attached hydrogen (secondary N) is 1. The lowest BCUT2D eigenvalue weighted by Crippen LogP contribution is -2.29. The maximum absolute atomic E-state index is 6.69. The average Bonchev–Trinajstić information content (AvgIpc) is 2.89. The van der Waals surface area contributed by atoms with Crippen molar-refractivity contribution in [2.45, 2.75) is 32.4 Å². The molecule has 1 heterocycles. The second-order valence-electron chi connectivity index (χ2n) is 8.87. The molecule has 0 atom stereocenters. The van der Waals surface area contributed by atoms with E-state index in [1.807, 2.05) is 24.3 Å². The lowest BCUT2D eigenvalue weighted by molar-refractivity contribution is 0.304. The van der Waals surface area contributed by atoms with Crippen molar-refractivity contribution in [2.75, 3.05) is 23.3 Å². The Morgan fingerprint density at radius 3 is 2.40 bits per heavy atom. The Labute approximate surface area is 221 Å². The van der Waals surface area contributed by atoms with Crippen LogP contribution in [0.2, 0.25) is 15.1 Å². The molecule has 0 bridgehead atoms. The number of halogens is 3. The van der Waals surface area contributed by atoms with E-state index in [4.69, 9.17) is 39.5 Å². The van der Waals surface area contributed by atoms with Crippen molar-refractivity contribution in [1.29, 1.82) is 0 Å². The molecule has 6 heteroatoms. The predicted molar refractivity (Wildman–Crippen MR) is 150 cm³/mol. The molecular formula is C29H27Cl3N2O. The monoisotopic (exact) mass is 524 g/mol. The Morgan fingerprint density at radius 2 is 1.60 bits per heavy atom. The number of fused-ring (bicyclic) bond motifs is 1. The van der Waals surface area contributed by atoms with Crippen molar-refractivity contribution in [2.24, 2.45) is 0 Å². The molecule has 5 rings (SSSR count). The van der Waals surface area contributed by atoms with Crippen LogP contribution in [0.4, 0.5) is 11.4 Å². The Kier molecular flexibility index (Phi) is 7.57. The summed E-state index contributed by atoms with van der Waals surface area (Å²) in [6.07, 6.45) is 3.75. The van der Waals surface area contributed by atoms with Gasteiger partial charge in [0, 0.05) is 30.9 Å². The summed E-state index contributed by atoms with van der Waals surface area (Å²) in [5, 5.41) is 7.73. The molecule has 1 N–H and O–H groups in total. The van der Waals surface area contributed by atoms with Gasteiger partial charge in [-0.2, -0.15) is 0 Å². The standard InChI is InChI=1S/C29H27Cl3N2O/c30-25-11-8-20(16-26(25)31)19-35-29-13-9-21-6-2-3-7-23(21)24(29)18-33-22-10-12-28(27(32)17-22)34-14-4-1-5-15-34/h2-3,6-13,16-17,33H,1,4-5,14-15,18-19H2. The van der Waals surface area contributed by atoms with Crippen LogP contribution in [0.5, 0.6) is 5.75 Å². The van der Waals surface area contributed by atoms with Crippen LogP contribution in [-0.2, 0) is 13.2 Å². The zero-order valence-electron chi connectivity index (χ0n) is 19.4. The van der Waals surface area contributed by atoms with Gasteiger partial charge in [-0.1, -0.05) is 71.2 Å². The fourth-order valence-corrected chi connectivity index (χ4v) is 5.24. The topological polar surface area (TPSA) is 24.5 Å². The van der Waals surface area contributed by atoms with Crippen molar-refractivity contribution in [1.82, 2.24) is 0 Å². The van der Waals surface area contributed by atoms with Gasteiger partial charge in [0.15, 0.2) is 0 Å². The van der Waals surface area contributed by atoms with Crippen LogP contribution in [-0.4, -0.2) is 13.1 Å². The van der Waals surface area contributed by atoms with Gasteiger partial charge in [0.1, 0.15) is 12.4 Å². The third-order valence-corrected chi connectivity index (χ3v) is 7.53. The summed E-state index contributed by atoms with van der Waals surface area (Å²) >= 11 is 18.9. The fourth-order valence-electron chi connectivity index (χ4n) is 4.62. The van der Waals surface area contributed by atoms with E-state index in [0.717, 1.165) is 51.7 Å². The first-order chi connectivity index (χ1) is 17.1. The minimum absolute atomic E-state index is 0.401. The van der Waals surface area contributed by atoms with Gasteiger partial charge in [0.2, 0.25) is 0 Å². The summed E-state index contributed by atoms with van der Waals surface area (Å²) in [7, 11) is 0. The van der Waals surface area contributed by atoms with Crippen LogP contribution in [0, 0.1) is 0 Å². The molecule has 0 amide bonds. The number of hydrogen-bond acceptors (Lipinski definition) is 3. The second kappa shape index (κ2) is 11.0. The van der Waals surface area contributed by atoms with Crippen molar-refractivity contribution < 1.29 is 4.74 Å². The fraction of sp³-hybridized carbons (Fsp3) is 0.241. The Balaban J connectivity index is 1.36. The van der Waals surface area contributed by atoms with Gasteiger partial charge in [-0.3, -0.25) is 0 Å². The van der Waals surface area contributed by atoms with Gasteiger partial charge in [-0.05, 0) is 72.0 Å². The molecule has 0 radical (unpaired) electrons. The largest absolute Gasteiger partial charge is 0.489 e. The summed E-state index contributed by atoms with van der Waals surface area (Å²) in [5.74, 6) is 0.832. The lowest BCUT2D eigenvalue weighted by Gasteiger charge is -2.29. The minimum atomic E-state index is 0.401. The first-order valence-corrected chi connectivity index (χ1v) is 13.1. The Morgan fingerprint density at radius 1 is 0.771 bits per heavy atom. The van der Waals surface area contributed by atoms with E-state index in [1.165, 1.54) is 24.6 Å². The summed E-state index contributed by atoms with van der Waals surface area (Å²) in [6.45, 7) is 3.15. The third-order valence-electron chi connectivity index (χ3n) is 6.49. The molecule has 3 nitrogen and oxygen atoms in total. The SMILES string of the molecule is Clc1ccc(COc2ccc3ccccc3c2CNc2ccc(N3CCCCC3)c(Cl)c2)cc1Cl. The normalized spacial score (nSPS) is 13.7. The van der Waals surface area contributed by atoms with Crippen LogP contribution in [0.3, 0.4) is 0 Å². The molecule has 35 heavy (non-hydrogen) atoms. The van der Waals surface area contributed by atoms with Crippen LogP contribution < -0.4 is 15.0 Å². The number of hydrogen-bond donors (Lipinski definition) is 1. The molecule has 0 unspecified atom stereocenters. The summed E-state index contributed by atoms with van der Waals surface area (Å²) in [4.78, 5) is 2.38. The van der Waals surface area contributed by atoms with Gasteiger partial charge in [-0.15, -0.1) is 0 Å². The number of ether oxygens (including phenoxy) is 1. The highest BCUT2D eigenvalue weighted by atomic mass is 35.5. The quantitative estimate of drug-likeness (QED) is 0.260. The number of nitrogens with zero attached hydrogens (tertiary/aromatic N) is 1. The smallest absolute Gasteiger partial charge is 0.125 e. The highest BCUT2D eigenvalue weighted by Gasteiger charge is 2.15. The molecule has 1 aliphatic heterocycles. The lowest BCUT2D eigenvalue weighted by atomic mass is 10.0. The van der Waals surface area contributed by atoms with Gasteiger partial charge in [-0.25, -0.2) is 0 Å². The van der Waals surface area contributed by atoms with Crippen molar-refractivity contribution in [3.05, 3.63) is 99.0 Å². The molecule has 180 valence electrons. The second-order valence-corrected chi connectivity index (χ2v) is 10.1. The van der Waals surface area contributed by atoms with Crippen LogP contribution in [0.25, 0.3) is 10.8 Å². The molecule has 0 spiro atoms. The molecule has 1 saturated heterocycles. The van der Waals surface area contributed by atoms with E-state index < -0.39 is 0 Å². The minimum Gasteiger partial charge on any atom is -0.489 e. The van der Waals surface area contributed by atoms with Crippen molar-refractivity contribution in [3.8, 4) is 5.75 Å². The molecule has 4 aromatic carbocycles. The number of rotatable bonds is 7. The van der Waals surface area contributed by atoms with E-state index in [9.17, 15) is 0 Å². The molecule has 0 saturated carbocycles. The highest BCUT2D eigenvalue weighted by Crippen LogP contribution is 2.33. The first-order valence-electron chi connectivity index (χ1n) is 11.9. The number of anilines is 2. The molecule has 1 aliphatic rings. The molecule has 4 aromatic rings. The zero-order valence-corrected chi connectivity index (χ0v) is 21.6. The van der Waals surface area contributed by atoms with Gasteiger partial charge >= 0.3 is 0 Å². The maximum Gasteiger partial charge on any atom is 0.125 e. The van der Waals surface area contributed by atoms with Crippen molar-refractivity contribution >= 4 is 57.0 Å². The first kappa shape index (κ1) is 24.1. The number of benzene rings is 4. The Bertz CT molecular complexity index is 1340. The van der Waals surface area contributed by atoms with Crippen LogP contribution >= 0.6 is 34.8 Å². The maximum atomic E-state index is 6.69. The van der Waals surface area contributed by atoms with E-state index in [1.54, 1.807) is 6.07 Å².